The van der Waals surface area contributed by atoms with Gasteiger partial charge in [0, 0.05) is 6.54 Å². The molecular formula is C24H23N3O4. The molecule has 0 radical (unpaired) electrons. The summed E-state index contributed by atoms with van der Waals surface area (Å²) in [5, 5.41) is 7.37. The predicted octanol–water partition coefficient (Wildman–Crippen LogP) is 2.93. The van der Waals surface area contributed by atoms with Gasteiger partial charge in [-0.1, -0.05) is 54.6 Å². The van der Waals surface area contributed by atoms with Gasteiger partial charge in [-0.25, -0.2) is 4.79 Å². The van der Waals surface area contributed by atoms with Crippen LogP contribution >= 0.6 is 0 Å². The van der Waals surface area contributed by atoms with Gasteiger partial charge in [-0.3, -0.25) is 14.5 Å². The fourth-order valence-electron chi connectivity index (χ4n) is 3.87. The van der Waals surface area contributed by atoms with E-state index >= 15 is 0 Å². The molecular weight excluding hydrogens is 394 g/mol. The summed E-state index contributed by atoms with van der Waals surface area (Å²) in [5.41, 5.74) is 0.305. The second kappa shape index (κ2) is 8.10. The van der Waals surface area contributed by atoms with Crippen molar-refractivity contribution >= 4 is 28.6 Å². The van der Waals surface area contributed by atoms with E-state index in [1.807, 2.05) is 66.7 Å². The molecule has 31 heavy (non-hydrogen) atoms. The number of benzene rings is 3. The number of amides is 4. The van der Waals surface area contributed by atoms with Gasteiger partial charge in [-0.05, 0) is 41.0 Å². The Morgan fingerprint density at radius 1 is 1.06 bits per heavy atom. The van der Waals surface area contributed by atoms with Crippen LogP contribution in [0.3, 0.4) is 0 Å². The van der Waals surface area contributed by atoms with Gasteiger partial charge in [0.15, 0.2) is 0 Å². The van der Waals surface area contributed by atoms with Crippen LogP contribution in [0.5, 0.6) is 5.75 Å². The fraction of sp³-hybridized carbons (Fsp3) is 0.208. The SMILES string of the molecule is COc1cccc(CNC(=O)CN2C(=O)N[C@](C)(c3cccc4ccccc34)C2=O)c1. The van der Waals surface area contributed by atoms with Crippen molar-refractivity contribution in [2.45, 2.75) is 19.0 Å². The maximum Gasteiger partial charge on any atom is 0.325 e. The molecule has 1 aliphatic heterocycles. The van der Waals surface area contributed by atoms with Gasteiger partial charge in [-0.2, -0.15) is 0 Å². The molecule has 0 aliphatic carbocycles. The van der Waals surface area contributed by atoms with Crippen LogP contribution in [0.2, 0.25) is 0 Å². The summed E-state index contributed by atoms with van der Waals surface area (Å²) in [6.45, 7) is 1.58. The Morgan fingerprint density at radius 3 is 2.61 bits per heavy atom. The highest BCUT2D eigenvalue weighted by atomic mass is 16.5. The molecule has 158 valence electrons. The van der Waals surface area contributed by atoms with E-state index < -0.39 is 23.4 Å². The van der Waals surface area contributed by atoms with Crippen LogP contribution in [0, 0.1) is 0 Å². The van der Waals surface area contributed by atoms with Gasteiger partial charge in [0.1, 0.15) is 17.8 Å². The molecule has 1 aliphatic rings. The number of nitrogens with one attached hydrogen (secondary N) is 2. The Bertz CT molecular complexity index is 1170. The number of carbonyl (C=O) groups excluding carboxylic acids is 3. The highest BCUT2D eigenvalue weighted by Gasteiger charge is 2.50. The van der Waals surface area contributed by atoms with Gasteiger partial charge in [0.05, 0.1) is 7.11 Å². The van der Waals surface area contributed by atoms with E-state index in [9.17, 15) is 14.4 Å². The van der Waals surface area contributed by atoms with Gasteiger partial charge in [0.2, 0.25) is 5.91 Å². The lowest BCUT2D eigenvalue weighted by molar-refractivity contribution is -0.134. The van der Waals surface area contributed by atoms with Crippen LogP contribution in [0.15, 0.2) is 66.7 Å². The molecule has 1 saturated heterocycles. The van der Waals surface area contributed by atoms with Gasteiger partial charge in [0.25, 0.3) is 5.91 Å². The predicted molar refractivity (Wildman–Crippen MR) is 116 cm³/mol. The van der Waals surface area contributed by atoms with Crippen LogP contribution in [0.1, 0.15) is 18.1 Å². The largest absolute Gasteiger partial charge is 0.497 e. The molecule has 1 heterocycles. The number of hydrogen-bond donors (Lipinski definition) is 2. The first-order valence-electron chi connectivity index (χ1n) is 9.94. The molecule has 0 spiro atoms. The molecule has 7 nitrogen and oxygen atoms in total. The molecule has 7 heteroatoms. The Kier molecular flexibility index (Phi) is 5.33. The number of hydrogen-bond acceptors (Lipinski definition) is 4. The second-order valence-electron chi connectivity index (χ2n) is 7.60. The lowest BCUT2D eigenvalue weighted by Crippen LogP contribution is -2.43. The molecule has 2 N–H and O–H groups in total. The Balaban J connectivity index is 1.49. The van der Waals surface area contributed by atoms with E-state index in [1.165, 1.54) is 0 Å². The van der Waals surface area contributed by atoms with Crippen molar-refractivity contribution in [3.05, 3.63) is 77.9 Å². The maximum atomic E-state index is 13.2. The standard InChI is InChI=1S/C24H23N3O4/c1-24(20-12-6-9-17-8-3-4-11-19(17)20)22(29)27(23(30)26-24)15-21(28)25-14-16-7-5-10-18(13-16)31-2/h3-13H,14-15H2,1-2H3,(H,25,28)(H,26,30)/t24-/m1/s1. The zero-order chi connectivity index (χ0) is 22.0. The molecule has 3 aromatic rings. The average Bonchev–Trinajstić information content (AvgIpc) is 3.01. The Morgan fingerprint density at radius 2 is 1.81 bits per heavy atom. The quantitative estimate of drug-likeness (QED) is 0.604. The molecule has 0 unspecified atom stereocenters. The summed E-state index contributed by atoms with van der Waals surface area (Å²) in [4.78, 5) is 39.2. The molecule has 0 bridgehead atoms. The summed E-state index contributed by atoms with van der Waals surface area (Å²) in [6, 6.07) is 20.0. The fourth-order valence-corrected chi connectivity index (χ4v) is 3.87. The lowest BCUT2D eigenvalue weighted by atomic mass is 9.88. The maximum absolute atomic E-state index is 13.2. The van der Waals surface area contributed by atoms with Gasteiger partial charge >= 0.3 is 6.03 Å². The van der Waals surface area contributed by atoms with Crippen LogP contribution in [-0.2, 0) is 21.7 Å². The molecule has 0 saturated carbocycles. The van der Waals surface area contributed by atoms with Crippen molar-refractivity contribution in [2.75, 3.05) is 13.7 Å². The third-order valence-electron chi connectivity index (χ3n) is 5.53. The number of carbonyl (C=O) groups is 3. The van der Waals surface area contributed by atoms with Crippen molar-refractivity contribution in [2.24, 2.45) is 0 Å². The second-order valence-corrected chi connectivity index (χ2v) is 7.60. The van der Waals surface area contributed by atoms with Gasteiger partial charge in [-0.15, -0.1) is 0 Å². The number of imide groups is 1. The first-order valence-corrected chi connectivity index (χ1v) is 9.94. The minimum Gasteiger partial charge on any atom is -0.497 e. The summed E-state index contributed by atoms with van der Waals surface area (Å²) in [5.74, 6) is -0.189. The number of urea groups is 1. The lowest BCUT2D eigenvalue weighted by Gasteiger charge is -2.24. The number of rotatable bonds is 6. The monoisotopic (exact) mass is 417 g/mol. The number of nitrogens with zero attached hydrogens (tertiary/aromatic N) is 1. The summed E-state index contributed by atoms with van der Waals surface area (Å²) in [7, 11) is 1.57. The van der Waals surface area contributed by atoms with Crippen molar-refractivity contribution in [3.63, 3.8) is 0 Å². The number of fused-ring (bicyclic) bond motifs is 1. The normalized spacial score (nSPS) is 18.2. The third-order valence-corrected chi connectivity index (χ3v) is 5.53. The summed E-state index contributed by atoms with van der Waals surface area (Å²) >= 11 is 0. The van der Waals surface area contributed by atoms with E-state index in [2.05, 4.69) is 10.6 Å². The molecule has 3 aromatic carbocycles. The topological polar surface area (TPSA) is 87.7 Å². The average molecular weight is 417 g/mol. The molecule has 4 rings (SSSR count). The van der Waals surface area contributed by atoms with Crippen LogP contribution in [0.25, 0.3) is 10.8 Å². The van der Waals surface area contributed by atoms with Gasteiger partial charge < -0.3 is 15.4 Å². The van der Waals surface area contributed by atoms with E-state index in [-0.39, 0.29) is 13.1 Å². The van der Waals surface area contributed by atoms with E-state index in [0.717, 1.165) is 21.2 Å². The highest BCUT2D eigenvalue weighted by molar-refractivity contribution is 6.10. The Hall–Kier alpha value is -3.87. The van der Waals surface area contributed by atoms with Crippen LogP contribution in [-0.4, -0.2) is 36.4 Å². The Labute approximate surface area is 180 Å². The van der Waals surface area contributed by atoms with Crippen LogP contribution in [0.4, 0.5) is 4.79 Å². The van der Waals surface area contributed by atoms with E-state index in [4.69, 9.17) is 4.74 Å². The van der Waals surface area contributed by atoms with Crippen LogP contribution < -0.4 is 15.4 Å². The van der Waals surface area contributed by atoms with Crippen molar-refractivity contribution < 1.29 is 19.1 Å². The van der Waals surface area contributed by atoms with Crippen molar-refractivity contribution in [3.8, 4) is 5.75 Å². The third kappa shape index (κ3) is 3.82. The first-order chi connectivity index (χ1) is 14.9. The van der Waals surface area contributed by atoms with E-state index in [1.54, 1.807) is 14.0 Å². The van der Waals surface area contributed by atoms with Crippen molar-refractivity contribution in [1.29, 1.82) is 0 Å². The minimum atomic E-state index is -1.25. The molecule has 0 aromatic heterocycles. The zero-order valence-electron chi connectivity index (χ0n) is 17.3. The molecule has 1 atom stereocenters. The van der Waals surface area contributed by atoms with E-state index in [0.29, 0.717) is 11.3 Å². The minimum absolute atomic E-state index is 0.264. The molecule has 4 amide bonds. The smallest absolute Gasteiger partial charge is 0.325 e. The zero-order valence-corrected chi connectivity index (χ0v) is 17.3. The van der Waals surface area contributed by atoms with Crippen molar-refractivity contribution in [1.82, 2.24) is 15.5 Å². The highest BCUT2D eigenvalue weighted by Crippen LogP contribution is 2.33. The number of methoxy groups -OCH3 is 1. The first kappa shape index (κ1) is 20.4. The summed E-state index contributed by atoms with van der Waals surface area (Å²) < 4.78 is 5.17. The molecule has 1 fully saturated rings. The summed E-state index contributed by atoms with van der Waals surface area (Å²) in [6.07, 6.45) is 0. The number of ether oxygens (including phenoxy) is 1.